The first kappa shape index (κ1) is 19.0. The van der Waals surface area contributed by atoms with E-state index < -0.39 is 0 Å². The van der Waals surface area contributed by atoms with Gasteiger partial charge in [-0.1, -0.05) is 29.3 Å². The van der Waals surface area contributed by atoms with Crippen LogP contribution >= 0.6 is 11.6 Å². The van der Waals surface area contributed by atoms with E-state index in [4.69, 9.17) is 16.3 Å². The second-order valence-corrected chi connectivity index (χ2v) is 6.79. The number of aryl methyl sites for hydroxylation is 1. The van der Waals surface area contributed by atoms with E-state index >= 15 is 0 Å². The summed E-state index contributed by atoms with van der Waals surface area (Å²) in [7, 11) is 1.65. The van der Waals surface area contributed by atoms with Gasteiger partial charge in [-0.15, -0.1) is 0 Å². The number of nitrogens with zero attached hydrogens (tertiary/aromatic N) is 2. The van der Waals surface area contributed by atoms with Crippen LogP contribution in [0.4, 0.5) is 0 Å². The summed E-state index contributed by atoms with van der Waals surface area (Å²) in [5.41, 5.74) is 4.44. The van der Waals surface area contributed by atoms with Crippen molar-refractivity contribution in [1.82, 2.24) is 15.1 Å². The molecule has 0 spiro atoms. The molecule has 1 N–H and O–H groups in total. The molecule has 1 heterocycles. The molecular weight excluding hydrogens is 362 g/mol. The lowest BCUT2D eigenvalue weighted by molar-refractivity contribution is 0.0953. The van der Waals surface area contributed by atoms with Gasteiger partial charge in [-0.05, 0) is 56.2 Å². The van der Waals surface area contributed by atoms with Crippen molar-refractivity contribution < 1.29 is 9.53 Å². The van der Waals surface area contributed by atoms with E-state index in [1.165, 1.54) is 0 Å². The molecule has 0 aliphatic heterocycles. The van der Waals surface area contributed by atoms with Crippen molar-refractivity contribution in [3.63, 3.8) is 0 Å². The fraction of sp³-hybridized carbons (Fsp3) is 0.238. The lowest BCUT2D eigenvalue weighted by Gasteiger charge is -2.10. The van der Waals surface area contributed by atoms with E-state index in [9.17, 15) is 4.79 Å². The van der Waals surface area contributed by atoms with E-state index in [1.807, 2.05) is 38.1 Å². The zero-order valence-corrected chi connectivity index (χ0v) is 16.4. The molecule has 1 amide bonds. The average Bonchev–Trinajstić information content (AvgIpc) is 3.04. The molecular formula is C21H22ClN3O2. The van der Waals surface area contributed by atoms with Crippen molar-refractivity contribution >= 4 is 17.5 Å². The van der Waals surface area contributed by atoms with Gasteiger partial charge in [0.2, 0.25) is 0 Å². The normalized spacial score (nSPS) is 10.7. The minimum atomic E-state index is -0.140. The van der Waals surface area contributed by atoms with Crippen molar-refractivity contribution in [3.8, 4) is 11.4 Å². The Labute approximate surface area is 163 Å². The molecule has 3 rings (SSSR count). The van der Waals surface area contributed by atoms with Gasteiger partial charge in [-0.3, -0.25) is 4.79 Å². The summed E-state index contributed by atoms with van der Waals surface area (Å²) in [5.74, 6) is 0.695. The van der Waals surface area contributed by atoms with Crippen molar-refractivity contribution in [2.75, 3.05) is 13.7 Å². The Hall–Kier alpha value is -2.79. The first-order chi connectivity index (χ1) is 13.0. The number of ether oxygens (including phenoxy) is 1. The van der Waals surface area contributed by atoms with Gasteiger partial charge in [0.15, 0.2) is 0 Å². The molecule has 0 bridgehead atoms. The zero-order chi connectivity index (χ0) is 19.4. The van der Waals surface area contributed by atoms with E-state index in [0.29, 0.717) is 23.6 Å². The summed E-state index contributed by atoms with van der Waals surface area (Å²) in [5, 5.41) is 7.96. The Morgan fingerprint density at radius 2 is 1.93 bits per heavy atom. The van der Waals surface area contributed by atoms with Gasteiger partial charge < -0.3 is 10.1 Å². The number of rotatable bonds is 6. The number of methoxy groups -OCH3 is 1. The van der Waals surface area contributed by atoms with Crippen LogP contribution in [0.5, 0.6) is 5.75 Å². The van der Waals surface area contributed by atoms with Crippen LogP contribution in [0.2, 0.25) is 5.02 Å². The van der Waals surface area contributed by atoms with Crippen LogP contribution in [0.3, 0.4) is 0 Å². The lowest BCUT2D eigenvalue weighted by atomic mass is 10.1. The van der Waals surface area contributed by atoms with Gasteiger partial charge >= 0.3 is 0 Å². The molecule has 6 heteroatoms. The van der Waals surface area contributed by atoms with Crippen molar-refractivity contribution in [2.24, 2.45) is 0 Å². The van der Waals surface area contributed by atoms with E-state index in [2.05, 4.69) is 16.5 Å². The number of nitrogens with one attached hydrogen (secondary N) is 1. The van der Waals surface area contributed by atoms with Crippen molar-refractivity contribution in [3.05, 3.63) is 76.1 Å². The number of aromatic nitrogens is 2. The second-order valence-electron chi connectivity index (χ2n) is 6.35. The number of halogens is 1. The Balaban J connectivity index is 1.67. The molecule has 1 aromatic heterocycles. The van der Waals surface area contributed by atoms with Crippen LogP contribution in [0.15, 0.2) is 48.7 Å². The van der Waals surface area contributed by atoms with Gasteiger partial charge in [0.1, 0.15) is 5.75 Å². The third kappa shape index (κ3) is 4.31. The van der Waals surface area contributed by atoms with Crippen LogP contribution in [0.25, 0.3) is 5.69 Å². The molecule has 0 fully saturated rings. The number of carbonyl (C=O) groups is 1. The average molecular weight is 384 g/mol. The Morgan fingerprint density at radius 1 is 1.19 bits per heavy atom. The standard InChI is InChI=1S/C21H22ClN3O2/c1-14-4-9-20(27-3)16(12-14)10-11-23-21(26)19-13-24-25(15(19)2)18-7-5-17(22)6-8-18/h4-9,12-13H,10-11H2,1-3H3,(H,23,26). The maximum Gasteiger partial charge on any atom is 0.254 e. The maximum absolute atomic E-state index is 12.6. The zero-order valence-electron chi connectivity index (χ0n) is 15.6. The number of carbonyl (C=O) groups excluding carboxylic acids is 1. The molecule has 2 aromatic carbocycles. The van der Waals surface area contributed by atoms with Crippen LogP contribution in [0.1, 0.15) is 27.2 Å². The molecule has 0 saturated heterocycles. The highest BCUT2D eigenvalue weighted by Crippen LogP contribution is 2.20. The molecule has 0 unspecified atom stereocenters. The largest absolute Gasteiger partial charge is 0.496 e. The predicted molar refractivity (Wildman–Crippen MR) is 107 cm³/mol. The second kappa shape index (κ2) is 8.27. The fourth-order valence-electron chi connectivity index (χ4n) is 2.98. The molecule has 0 atom stereocenters. The first-order valence-corrected chi connectivity index (χ1v) is 9.09. The molecule has 3 aromatic rings. The first-order valence-electron chi connectivity index (χ1n) is 8.72. The lowest BCUT2D eigenvalue weighted by Crippen LogP contribution is -2.26. The molecule has 0 aliphatic rings. The summed E-state index contributed by atoms with van der Waals surface area (Å²) in [6.45, 7) is 4.43. The minimum absolute atomic E-state index is 0.140. The quantitative estimate of drug-likeness (QED) is 0.696. The third-order valence-corrected chi connectivity index (χ3v) is 4.69. The Bertz CT molecular complexity index is 949. The Morgan fingerprint density at radius 3 is 2.63 bits per heavy atom. The maximum atomic E-state index is 12.6. The highest BCUT2D eigenvalue weighted by molar-refractivity contribution is 6.30. The number of hydrogen-bond acceptors (Lipinski definition) is 3. The summed E-state index contributed by atoms with van der Waals surface area (Å²) in [6.07, 6.45) is 2.29. The smallest absolute Gasteiger partial charge is 0.254 e. The van der Waals surface area contributed by atoms with Crippen LogP contribution < -0.4 is 10.1 Å². The van der Waals surface area contributed by atoms with Crippen molar-refractivity contribution in [2.45, 2.75) is 20.3 Å². The predicted octanol–water partition coefficient (Wildman–Crippen LogP) is 4.12. The van der Waals surface area contributed by atoms with Crippen LogP contribution in [0, 0.1) is 13.8 Å². The highest BCUT2D eigenvalue weighted by Gasteiger charge is 2.15. The number of hydrogen-bond donors (Lipinski definition) is 1. The summed E-state index contributed by atoms with van der Waals surface area (Å²) in [4.78, 5) is 12.6. The summed E-state index contributed by atoms with van der Waals surface area (Å²) < 4.78 is 7.12. The van der Waals surface area contributed by atoms with E-state index in [1.54, 1.807) is 30.1 Å². The van der Waals surface area contributed by atoms with Crippen LogP contribution in [-0.4, -0.2) is 29.3 Å². The van der Waals surface area contributed by atoms with E-state index in [0.717, 1.165) is 28.3 Å². The third-order valence-electron chi connectivity index (χ3n) is 4.44. The summed E-state index contributed by atoms with van der Waals surface area (Å²) in [6, 6.07) is 13.4. The van der Waals surface area contributed by atoms with Gasteiger partial charge in [-0.2, -0.15) is 5.10 Å². The van der Waals surface area contributed by atoms with Crippen molar-refractivity contribution in [1.29, 1.82) is 0 Å². The molecule has 140 valence electrons. The van der Waals surface area contributed by atoms with Gasteiger partial charge in [0.25, 0.3) is 5.91 Å². The van der Waals surface area contributed by atoms with Gasteiger partial charge in [0, 0.05) is 11.6 Å². The molecule has 0 aliphatic carbocycles. The SMILES string of the molecule is COc1ccc(C)cc1CCNC(=O)c1cnn(-c2ccc(Cl)cc2)c1C. The van der Waals surface area contributed by atoms with Crippen LogP contribution in [-0.2, 0) is 6.42 Å². The monoisotopic (exact) mass is 383 g/mol. The number of benzene rings is 2. The molecule has 0 saturated carbocycles. The highest BCUT2D eigenvalue weighted by atomic mass is 35.5. The summed E-state index contributed by atoms with van der Waals surface area (Å²) >= 11 is 5.93. The molecule has 5 nitrogen and oxygen atoms in total. The van der Waals surface area contributed by atoms with E-state index in [-0.39, 0.29) is 5.91 Å². The minimum Gasteiger partial charge on any atom is -0.496 e. The molecule has 27 heavy (non-hydrogen) atoms. The Kier molecular flexibility index (Phi) is 5.81. The topological polar surface area (TPSA) is 56.1 Å². The molecule has 0 radical (unpaired) electrons. The van der Waals surface area contributed by atoms with Gasteiger partial charge in [0.05, 0.1) is 30.3 Å². The van der Waals surface area contributed by atoms with Gasteiger partial charge in [-0.25, -0.2) is 4.68 Å². The fourth-order valence-corrected chi connectivity index (χ4v) is 3.11. The number of amides is 1.